The summed E-state index contributed by atoms with van der Waals surface area (Å²) in [6.45, 7) is 4.83. The lowest BCUT2D eigenvalue weighted by Crippen LogP contribution is -2.22. The summed E-state index contributed by atoms with van der Waals surface area (Å²) >= 11 is 5.97. The lowest BCUT2D eigenvalue weighted by molar-refractivity contribution is 0.218. The molecule has 4 nitrogen and oxygen atoms in total. The maximum Gasteiger partial charge on any atom is 0.212 e. The van der Waals surface area contributed by atoms with Gasteiger partial charge in [-0.1, -0.05) is 23.7 Å². The summed E-state index contributed by atoms with van der Waals surface area (Å²) in [7, 11) is 3.74. The quantitative estimate of drug-likeness (QED) is 0.573. The number of oxazole rings is 1. The number of aromatic nitrogens is 1. The van der Waals surface area contributed by atoms with Crippen LogP contribution >= 0.6 is 11.6 Å². The number of methoxy groups -OCH3 is 1. The summed E-state index contributed by atoms with van der Waals surface area (Å²) in [5.74, 6) is 2.36. The number of hydrogen-bond acceptors (Lipinski definition) is 4. The van der Waals surface area contributed by atoms with E-state index >= 15 is 0 Å². The van der Waals surface area contributed by atoms with Crippen molar-refractivity contribution in [3.63, 3.8) is 0 Å². The Morgan fingerprint density at radius 2 is 1.92 bits per heavy atom. The number of hydrogen-bond donors (Lipinski definition) is 0. The van der Waals surface area contributed by atoms with Crippen LogP contribution in [0.4, 0.5) is 0 Å². The molecule has 0 aliphatic carbocycles. The Labute approximate surface area is 159 Å². The Balaban J connectivity index is 1.77. The summed E-state index contributed by atoms with van der Waals surface area (Å²) in [6.07, 6.45) is 0. The van der Waals surface area contributed by atoms with Crippen molar-refractivity contribution in [2.45, 2.75) is 26.4 Å². The molecule has 3 rings (SSSR count). The molecular formula is C21H23ClN2O2. The van der Waals surface area contributed by atoms with E-state index in [2.05, 4.69) is 29.9 Å². The summed E-state index contributed by atoms with van der Waals surface area (Å²) in [5.41, 5.74) is 3.04. The molecule has 0 aliphatic heterocycles. The van der Waals surface area contributed by atoms with Crippen LogP contribution in [0, 0.1) is 6.92 Å². The van der Waals surface area contributed by atoms with Gasteiger partial charge in [0.15, 0.2) is 5.76 Å². The smallest absolute Gasteiger partial charge is 0.212 e. The highest BCUT2D eigenvalue weighted by atomic mass is 35.5. The van der Waals surface area contributed by atoms with E-state index in [1.165, 1.54) is 5.56 Å². The molecule has 0 radical (unpaired) electrons. The van der Waals surface area contributed by atoms with Crippen molar-refractivity contribution >= 4 is 11.6 Å². The first-order chi connectivity index (χ1) is 12.5. The second-order valence-electron chi connectivity index (χ2n) is 6.42. The Bertz CT molecular complexity index is 874. The van der Waals surface area contributed by atoms with Crippen molar-refractivity contribution in [1.29, 1.82) is 0 Å². The minimum Gasteiger partial charge on any atom is -0.497 e. The fraction of sp³-hybridized carbons (Fsp3) is 0.286. The molecule has 0 saturated heterocycles. The minimum atomic E-state index is 0.0425. The van der Waals surface area contributed by atoms with Gasteiger partial charge in [-0.25, -0.2) is 4.98 Å². The van der Waals surface area contributed by atoms with Gasteiger partial charge in [-0.05, 0) is 62.9 Å². The Morgan fingerprint density at radius 1 is 1.19 bits per heavy atom. The second-order valence-corrected chi connectivity index (χ2v) is 6.85. The Kier molecular flexibility index (Phi) is 5.64. The predicted molar refractivity (Wildman–Crippen MR) is 105 cm³/mol. The number of nitrogens with zero attached hydrogens (tertiary/aromatic N) is 2. The van der Waals surface area contributed by atoms with Crippen molar-refractivity contribution < 1.29 is 9.15 Å². The molecule has 136 valence electrons. The molecule has 0 spiro atoms. The number of halogens is 1. The van der Waals surface area contributed by atoms with Crippen molar-refractivity contribution in [2.24, 2.45) is 0 Å². The molecule has 3 aromatic rings. The van der Waals surface area contributed by atoms with Gasteiger partial charge in [-0.3, -0.25) is 4.90 Å². The van der Waals surface area contributed by atoms with Crippen molar-refractivity contribution in [2.75, 3.05) is 14.2 Å². The third-order valence-electron chi connectivity index (χ3n) is 4.50. The van der Waals surface area contributed by atoms with Crippen molar-refractivity contribution in [3.05, 3.63) is 70.7 Å². The highest BCUT2D eigenvalue weighted by Gasteiger charge is 2.20. The largest absolute Gasteiger partial charge is 0.497 e. The average molecular weight is 371 g/mol. The molecule has 0 N–H and O–H groups in total. The number of ether oxygens (including phenoxy) is 1. The van der Waals surface area contributed by atoms with Gasteiger partial charge in [0.2, 0.25) is 5.89 Å². The van der Waals surface area contributed by atoms with Gasteiger partial charge in [0, 0.05) is 17.1 Å². The third kappa shape index (κ3) is 4.09. The van der Waals surface area contributed by atoms with E-state index in [4.69, 9.17) is 20.8 Å². The third-order valence-corrected chi connectivity index (χ3v) is 4.76. The summed E-state index contributed by atoms with van der Waals surface area (Å²) < 4.78 is 11.4. The maximum atomic E-state index is 6.09. The Hall–Kier alpha value is -2.30. The summed E-state index contributed by atoms with van der Waals surface area (Å²) in [6, 6.07) is 15.7. The fourth-order valence-electron chi connectivity index (χ4n) is 2.85. The molecule has 2 aromatic carbocycles. The van der Waals surface area contributed by atoms with E-state index in [1.807, 2.05) is 49.4 Å². The molecule has 26 heavy (non-hydrogen) atoms. The number of benzene rings is 2. The summed E-state index contributed by atoms with van der Waals surface area (Å²) in [5, 5.41) is 0.706. The van der Waals surface area contributed by atoms with Crippen LogP contribution < -0.4 is 4.74 Å². The van der Waals surface area contributed by atoms with E-state index in [0.29, 0.717) is 10.9 Å². The number of aryl methyl sites for hydroxylation is 1. The predicted octanol–water partition coefficient (Wildman–Crippen LogP) is 5.51. The zero-order chi connectivity index (χ0) is 18.7. The first kappa shape index (κ1) is 18.5. The lowest BCUT2D eigenvalue weighted by Gasteiger charge is -2.22. The van der Waals surface area contributed by atoms with E-state index in [9.17, 15) is 0 Å². The van der Waals surface area contributed by atoms with E-state index in [1.54, 1.807) is 7.11 Å². The fourth-order valence-corrected chi connectivity index (χ4v) is 2.98. The van der Waals surface area contributed by atoms with Gasteiger partial charge < -0.3 is 9.15 Å². The van der Waals surface area contributed by atoms with Crippen LogP contribution in [0.2, 0.25) is 5.02 Å². The molecule has 1 atom stereocenters. The molecule has 0 aliphatic rings. The average Bonchev–Trinajstić information content (AvgIpc) is 3.03. The van der Waals surface area contributed by atoms with Gasteiger partial charge in [0.1, 0.15) is 5.75 Å². The molecule has 5 heteroatoms. The highest BCUT2D eigenvalue weighted by molar-refractivity contribution is 6.30. The topological polar surface area (TPSA) is 38.5 Å². The zero-order valence-electron chi connectivity index (χ0n) is 15.5. The van der Waals surface area contributed by atoms with Crippen LogP contribution in [0.25, 0.3) is 11.3 Å². The molecule has 0 fully saturated rings. The van der Waals surface area contributed by atoms with Gasteiger partial charge in [0.05, 0.1) is 18.8 Å². The molecule has 1 aromatic heterocycles. The molecule has 1 unspecified atom stereocenters. The van der Waals surface area contributed by atoms with Crippen LogP contribution in [-0.4, -0.2) is 24.0 Å². The minimum absolute atomic E-state index is 0.0425. The van der Waals surface area contributed by atoms with Gasteiger partial charge in [-0.2, -0.15) is 0 Å². The second kappa shape index (κ2) is 7.94. The normalized spacial score (nSPS) is 12.4. The van der Waals surface area contributed by atoms with Gasteiger partial charge >= 0.3 is 0 Å². The van der Waals surface area contributed by atoms with Crippen LogP contribution in [0.5, 0.6) is 5.75 Å². The van der Waals surface area contributed by atoms with E-state index in [-0.39, 0.29) is 6.04 Å². The molecule has 1 heterocycles. The molecule has 0 amide bonds. The molecular weight excluding hydrogens is 348 g/mol. The number of rotatable bonds is 6. The molecule has 0 saturated carbocycles. The Morgan fingerprint density at radius 3 is 2.62 bits per heavy atom. The van der Waals surface area contributed by atoms with Crippen molar-refractivity contribution in [1.82, 2.24) is 9.88 Å². The highest BCUT2D eigenvalue weighted by Crippen LogP contribution is 2.30. The summed E-state index contributed by atoms with van der Waals surface area (Å²) in [4.78, 5) is 6.84. The van der Waals surface area contributed by atoms with Gasteiger partial charge in [-0.15, -0.1) is 0 Å². The van der Waals surface area contributed by atoms with Crippen molar-refractivity contribution in [3.8, 4) is 17.1 Å². The van der Waals surface area contributed by atoms with Crippen LogP contribution in [0.1, 0.15) is 30.1 Å². The SMILES string of the molecule is COc1cccc(CN(C)C(C)c2nc(C)c(-c3ccc(Cl)cc3)o2)c1. The first-order valence-corrected chi connectivity index (χ1v) is 8.92. The van der Waals surface area contributed by atoms with Crippen LogP contribution in [-0.2, 0) is 6.54 Å². The zero-order valence-corrected chi connectivity index (χ0v) is 16.2. The lowest BCUT2D eigenvalue weighted by atomic mass is 10.1. The van der Waals surface area contributed by atoms with E-state index in [0.717, 1.165) is 29.3 Å². The maximum absolute atomic E-state index is 6.09. The van der Waals surface area contributed by atoms with E-state index < -0.39 is 0 Å². The standard InChI is InChI=1S/C21H23ClN2O2/c1-14-20(17-8-10-18(22)11-9-17)26-21(23-14)15(2)24(3)13-16-6-5-7-19(12-16)25-4/h5-12,15H,13H2,1-4H3. The van der Waals surface area contributed by atoms with Crippen LogP contribution in [0.3, 0.4) is 0 Å². The molecule has 0 bridgehead atoms. The van der Waals surface area contributed by atoms with Gasteiger partial charge in [0.25, 0.3) is 0 Å². The first-order valence-electron chi connectivity index (χ1n) is 8.54. The van der Waals surface area contributed by atoms with Crippen LogP contribution in [0.15, 0.2) is 52.9 Å². The monoisotopic (exact) mass is 370 g/mol.